The maximum atomic E-state index is 12.1. The quantitative estimate of drug-likeness (QED) is 0.805. The standard InChI is InChI=1S/C19H18N2O4S/c1-11-5-4-7-13(17(11)23)19(24)25-10-16(22)21-18-14(9-20)12-6-2-3-8-15(12)26-18/h4-5,7,23H,2-3,6,8,10H2,1H3,(H,21,22). The molecule has 0 spiro atoms. The maximum Gasteiger partial charge on any atom is 0.342 e. The Morgan fingerprint density at radius 2 is 2.12 bits per heavy atom. The van der Waals surface area contributed by atoms with Crippen LogP contribution in [0.1, 0.15) is 44.8 Å². The third kappa shape index (κ3) is 3.55. The van der Waals surface area contributed by atoms with Crippen LogP contribution in [0, 0.1) is 18.3 Å². The molecule has 0 radical (unpaired) electrons. The Bertz CT molecular complexity index is 911. The van der Waals surface area contributed by atoms with Crippen molar-refractivity contribution in [3.8, 4) is 11.8 Å². The molecule has 0 saturated carbocycles. The second-order valence-electron chi connectivity index (χ2n) is 6.12. The molecule has 2 aromatic rings. The van der Waals surface area contributed by atoms with Crippen molar-refractivity contribution in [1.82, 2.24) is 0 Å². The lowest BCUT2D eigenvalue weighted by atomic mass is 9.96. The number of rotatable bonds is 4. The number of thiophene rings is 1. The van der Waals surface area contributed by atoms with Crippen molar-refractivity contribution in [3.63, 3.8) is 0 Å². The SMILES string of the molecule is Cc1cccc(C(=O)OCC(=O)Nc2sc3c(c2C#N)CCCC3)c1O. The van der Waals surface area contributed by atoms with Crippen LogP contribution in [0.4, 0.5) is 5.00 Å². The highest BCUT2D eigenvalue weighted by Gasteiger charge is 2.22. The molecular formula is C19H18N2O4S. The van der Waals surface area contributed by atoms with E-state index >= 15 is 0 Å². The number of aryl methyl sites for hydroxylation is 2. The van der Waals surface area contributed by atoms with E-state index in [-0.39, 0.29) is 11.3 Å². The van der Waals surface area contributed by atoms with Gasteiger partial charge in [0, 0.05) is 4.88 Å². The molecule has 3 rings (SSSR count). The number of carbonyl (C=O) groups excluding carboxylic acids is 2. The largest absolute Gasteiger partial charge is 0.507 e. The molecule has 134 valence electrons. The fraction of sp³-hybridized carbons (Fsp3) is 0.316. The predicted octanol–water partition coefficient (Wildman–Crippen LogP) is 3.31. The zero-order chi connectivity index (χ0) is 18.7. The molecule has 0 fully saturated rings. The van der Waals surface area contributed by atoms with Crippen molar-refractivity contribution >= 4 is 28.2 Å². The second-order valence-corrected chi connectivity index (χ2v) is 7.23. The maximum absolute atomic E-state index is 12.1. The molecule has 1 aromatic carbocycles. The number of benzene rings is 1. The van der Waals surface area contributed by atoms with Gasteiger partial charge in [0.25, 0.3) is 5.91 Å². The van der Waals surface area contributed by atoms with E-state index in [0.717, 1.165) is 36.1 Å². The van der Waals surface area contributed by atoms with Gasteiger partial charge in [0.1, 0.15) is 22.4 Å². The molecule has 1 heterocycles. The van der Waals surface area contributed by atoms with Gasteiger partial charge in [-0.3, -0.25) is 4.79 Å². The average molecular weight is 370 g/mol. The van der Waals surface area contributed by atoms with E-state index in [9.17, 15) is 20.0 Å². The highest BCUT2D eigenvalue weighted by Crippen LogP contribution is 2.37. The predicted molar refractivity (Wildman–Crippen MR) is 97.4 cm³/mol. The lowest BCUT2D eigenvalue weighted by molar-refractivity contribution is -0.119. The summed E-state index contributed by atoms with van der Waals surface area (Å²) in [5.41, 5.74) is 2.11. The fourth-order valence-corrected chi connectivity index (χ4v) is 4.22. The fourth-order valence-electron chi connectivity index (χ4n) is 2.97. The van der Waals surface area contributed by atoms with Gasteiger partial charge in [0.05, 0.1) is 5.56 Å². The van der Waals surface area contributed by atoms with Crippen LogP contribution in [0.2, 0.25) is 0 Å². The van der Waals surface area contributed by atoms with Crippen molar-refractivity contribution in [3.05, 3.63) is 45.3 Å². The van der Waals surface area contributed by atoms with E-state index in [1.54, 1.807) is 19.1 Å². The summed E-state index contributed by atoms with van der Waals surface area (Å²) in [6.45, 7) is 1.18. The van der Waals surface area contributed by atoms with Gasteiger partial charge in [-0.05, 0) is 49.8 Å². The smallest absolute Gasteiger partial charge is 0.342 e. The zero-order valence-electron chi connectivity index (χ0n) is 14.3. The minimum Gasteiger partial charge on any atom is -0.507 e. The van der Waals surface area contributed by atoms with E-state index in [1.165, 1.54) is 17.4 Å². The first-order valence-corrected chi connectivity index (χ1v) is 9.13. The Balaban J connectivity index is 1.65. The number of nitrogens with zero attached hydrogens (tertiary/aromatic N) is 1. The number of carbonyl (C=O) groups is 2. The number of ether oxygens (including phenoxy) is 1. The van der Waals surface area contributed by atoms with Gasteiger partial charge < -0.3 is 15.2 Å². The molecule has 6 nitrogen and oxygen atoms in total. The first kappa shape index (κ1) is 18.0. The number of phenols is 1. The van der Waals surface area contributed by atoms with Gasteiger partial charge in [-0.15, -0.1) is 11.3 Å². The summed E-state index contributed by atoms with van der Waals surface area (Å²) in [6, 6.07) is 6.90. The summed E-state index contributed by atoms with van der Waals surface area (Å²) in [4.78, 5) is 25.3. The van der Waals surface area contributed by atoms with Crippen LogP contribution in [-0.4, -0.2) is 23.6 Å². The molecule has 0 aliphatic heterocycles. The van der Waals surface area contributed by atoms with E-state index < -0.39 is 18.5 Å². The number of nitrogens with one attached hydrogen (secondary N) is 1. The summed E-state index contributed by atoms with van der Waals surface area (Å²) in [5.74, 6) is -1.44. The van der Waals surface area contributed by atoms with Gasteiger partial charge in [0.2, 0.25) is 0 Å². The average Bonchev–Trinajstić information content (AvgIpc) is 2.98. The summed E-state index contributed by atoms with van der Waals surface area (Å²) < 4.78 is 4.98. The molecule has 2 N–H and O–H groups in total. The number of hydrogen-bond acceptors (Lipinski definition) is 6. The van der Waals surface area contributed by atoms with Gasteiger partial charge in [-0.1, -0.05) is 12.1 Å². The Kier molecular flexibility index (Phi) is 5.24. The van der Waals surface area contributed by atoms with Gasteiger partial charge in [-0.2, -0.15) is 5.26 Å². The third-order valence-corrected chi connectivity index (χ3v) is 5.54. The van der Waals surface area contributed by atoms with Crippen LogP contribution in [0.15, 0.2) is 18.2 Å². The van der Waals surface area contributed by atoms with E-state index in [2.05, 4.69) is 11.4 Å². The summed E-state index contributed by atoms with van der Waals surface area (Å²) in [7, 11) is 0. The molecule has 7 heteroatoms. The minimum atomic E-state index is -0.771. The number of para-hydroxylation sites is 1. The van der Waals surface area contributed by atoms with Crippen LogP contribution in [0.3, 0.4) is 0 Å². The first-order chi connectivity index (χ1) is 12.5. The van der Waals surface area contributed by atoms with Crippen LogP contribution >= 0.6 is 11.3 Å². The van der Waals surface area contributed by atoms with Crippen LogP contribution in [0.5, 0.6) is 5.75 Å². The molecule has 1 aliphatic rings. The summed E-state index contributed by atoms with van der Waals surface area (Å²) in [5, 5.41) is 22.5. The normalized spacial score (nSPS) is 12.8. The van der Waals surface area contributed by atoms with E-state index in [4.69, 9.17) is 4.74 Å². The minimum absolute atomic E-state index is 0.0158. The van der Waals surface area contributed by atoms with E-state index in [0.29, 0.717) is 16.1 Å². The molecule has 0 saturated heterocycles. The number of anilines is 1. The lowest BCUT2D eigenvalue weighted by Gasteiger charge is -2.09. The Morgan fingerprint density at radius 3 is 2.88 bits per heavy atom. The molecule has 0 bridgehead atoms. The van der Waals surface area contributed by atoms with E-state index in [1.807, 2.05) is 0 Å². The number of nitriles is 1. The molecule has 1 aliphatic carbocycles. The summed E-state index contributed by atoms with van der Waals surface area (Å²) in [6.07, 6.45) is 3.91. The molecule has 1 aromatic heterocycles. The number of esters is 1. The lowest BCUT2D eigenvalue weighted by Crippen LogP contribution is -2.21. The van der Waals surface area contributed by atoms with Crippen molar-refractivity contribution in [2.24, 2.45) is 0 Å². The Morgan fingerprint density at radius 1 is 1.35 bits per heavy atom. The van der Waals surface area contributed by atoms with Gasteiger partial charge in [0.15, 0.2) is 6.61 Å². The topological polar surface area (TPSA) is 99.4 Å². The second kappa shape index (κ2) is 7.58. The Labute approximate surface area is 155 Å². The highest BCUT2D eigenvalue weighted by molar-refractivity contribution is 7.16. The summed E-state index contributed by atoms with van der Waals surface area (Å²) >= 11 is 1.41. The number of fused-ring (bicyclic) bond motifs is 1. The van der Waals surface area contributed by atoms with Gasteiger partial charge >= 0.3 is 5.97 Å². The molecule has 0 atom stereocenters. The zero-order valence-corrected chi connectivity index (χ0v) is 15.1. The van der Waals surface area contributed by atoms with Crippen molar-refractivity contribution in [1.29, 1.82) is 5.26 Å². The van der Waals surface area contributed by atoms with Crippen molar-refractivity contribution in [2.75, 3.05) is 11.9 Å². The van der Waals surface area contributed by atoms with Crippen LogP contribution < -0.4 is 5.32 Å². The molecular weight excluding hydrogens is 352 g/mol. The number of phenolic OH excluding ortho intramolecular Hbond substituents is 1. The highest BCUT2D eigenvalue weighted by atomic mass is 32.1. The third-order valence-electron chi connectivity index (χ3n) is 4.33. The van der Waals surface area contributed by atoms with Crippen LogP contribution in [0.25, 0.3) is 0 Å². The number of aromatic hydroxyl groups is 1. The molecule has 0 unspecified atom stereocenters. The Hall–Kier alpha value is -2.85. The van der Waals surface area contributed by atoms with Crippen LogP contribution in [-0.2, 0) is 22.4 Å². The number of amides is 1. The van der Waals surface area contributed by atoms with Crippen molar-refractivity contribution in [2.45, 2.75) is 32.6 Å². The van der Waals surface area contributed by atoms with Gasteiger partial charge in [-0.25, -0.2) is 4.79 Å². The first-order valence-electron chi connectivity index (χ1n) is 8.31. The molecule has 1 amide bonds. The molecule has 26 heavy (non-hydrogen) atoms. The monoisotopic (exact) mass is 370 g/mol. The number of hydrogen-bond donors (Lipinski definition) is 2. The van der Waals surface area contributed by atoms with Crippen molar-refractivity contribution < 1.29 is 19.4 Å².